The first-order chi connectivity index (χ1) is 13.9. The van der Waals surface area contributed by atoms with E-state index in [4.69, 9.17) is 9.88 Å². The van der Waals surface area contributed by atoms with E-state index < -0.39 is 28.7 Å². The summed E-state index contributed by atoms with van der Waals surface area (Å²) in [4.78, 5) is 14.0. The molecule has 1 amide bonds. The van der Waals surface area contributed by atoms with Crippen molar-refractivity contribution in [2.75, 3.05) is 25.5 Å². The minimum absolute atomic E-state index is 0.0192. The molecule has 1 unspecified atom stereocenters. The predicted octanol–water partition coefficient (Wildman–Crippen LogP) is 2.91. The number of carbonyl (C=O) groups is 1. The molecule has 7 nitrogen and oxygen atoms in total. The Labute approximate surface area is 172 Å². The molecule has 2 aromatic rings. The summed E-state index contributed by atoms with van der Waals surface area (Å²) < 4.78 is 64.6. The maximum absolute atomic E-state index is 12.4. The SMILES string of the molecule is CC(c1ccc(S(N)(=O)=O)cc1)N(C)CC(=O)Nc1ccccc1OCC(F)(F)F. The van der Waals surface area contributed by atoms with Crippen molar-refractivity contribution in [1.29, 1.82) is 0 Å². The molecule has 164 valence electrons. The summed E-state index contributed by atoms with van der Waals surface area (Å²) in [5.74, 6) is -0.536. The van der Waals surface area contributed by atoms with E-state index in [1.165, 1.54) is 30.3 Å². The molecule has 0 aliphatic heterocycles. The highest BCUT2D eigenvalue weighted by molar-refractivity contribution is 7.89. The van der Waals surface area contributed by atoms with Crippen LogP contribution in [-0.4, -0.2) is 45.6 Å². The highest BCUT2D eigenvalue weighted by Crippen LogP contribution is 2.26. The first kappa shape index (κ1) is 23.6. The number of ether oxygens (including phenoxy) is 1. The number of nitrogens with zero attached hydrogens (tertiary/aromatic N) is 1. The van der Waals surface area contributed by atoms with Gasteiger partial charge in [-0.3, -0.25) is 9.69 Å². The van der Waals surface area contributed by atoms with Gasteiger partial charge in [0.15, 0.2) is 6.61 Å². The largest absolute Gasteiger partial charge is 0.482 e. The normalized spacial score (nSPS) is 13.2. The molecule has 11 heteroatoms. The van der Waals surface area contributed by atoms with Crippen LogP contribution in [0.1, 0.15) is 18.5 Å². The summed E-state index contributed by atoms with van der Waals surface area (Å²) in [6.07, 6.45) is -4.49. The minimum Gasteiger partial charge on any atom is -0.482 e. The van der Waals surface area contributed by atoms with Crippen LogP contribution in [0.4, 0.5) is 18.9 Å². The highest BCUT2D eigenvalue weighted by Gasteiger charge is 2.29. The number of sulfonamides is 1. The number of primary sulfonamides is 1. The van der Waals surface area contributed by atoms with E-state index in [2.05, 4.69) is 5.32 Å². The Balaban J connectivity index is 2.01. The number of benzene rings is 2. The van der Waals surface area contributed by atoms with Gasteiger partial charge in [0, 0.05) is 6.04 Å². The smallest absolute Gasteiger partial charge is 0.422 e. The van der Waals surface area contributed by atoms with Crippen molar-refractivity contribution in [3.8, 4) is 5.75 Å². The maximum atomic E-state index is 12.4. The van der Waals surface area contributed by atoms with Gasteiger partial charge >= 0.3 is 6.18 Å². The number of rotatable bonds is 8. The van der Waals surface area contributed by atoms with E-state index in [1.807, 2.05) is 6.92 Å². The first-order valence-electron chi connectivity index (χ1n) is 8.78. The molecule has 0 spiro atoms. The first-order valence-corrected chi connectivity index (χ1v) is 10.3. The summed E-state index contributed by atoms with van der Waals surface area (Å²) >= 11 is 0. The van der Waals surface area contributed by atoms with Gasteiger partial charge in [0.2, 0.25) is 15.9 Å². The zero-order valence-corrected chi connectivity index (χ0v) is 17.1. The van der Waals surface area contributed by atoms with E-state index in [9.17, 15) is 26.4 Å². The average molecular weight is 445 g/mol. The Morgan fingerprint density at radius 2 is 1.77 bits per heavy atom. The maximum Gasteiger partial charge on any atom is 0.422 e. The molecule has 2 aromatic carbocycles. The summed E-state index contributed by atoms with van der Waals surface area (Å²) in [6, 6.07) is 11.5. The quantitative estimate of drug-likeness (QED) is 0.651. The van der Waals surface area contributed by atoms with Gasteiger partial charge in [-0.1, -0.05) is 24.3 Å². The molecule has 0 fully saturated rings. The fourth-order valence-corrected chi connectivity index (χ4v) is 3.11. The number of hydrogen-bond donors (Lipinski definition) is 2. The molecule has 0 aliphatic carbocycles. The second-order valence-corrected chi connectivity index (χ2v) is 8.21. The van der Waals surface area contributed by atoms with E-state index in [0.29, 0.717) is 0 Å². The van der Waals surface area contributed by atoms with E-state index in [0.717, 1.165) is 5.56 Å². The van der Waals surface area contributed by atoms with Crippen molar-refractivity contribution in [3.63, 3.8) is 0 Å². The lowest BCUT2D eigenvalue weighted by Crippen LogP contribution is -2.32. The number of nitrogens with one attached hydrogen (secondary N) is 1. The number of para-hydroxylation sites is 2. The van der Waals surface area contributed by atoms with Crippen molar-refractivity contribution >= 4 is 21.6 Å². The second kappa shape index (κ2) is 9.45. The van der Waals surface area contributed by atoms with Crippen molar-refractivity contribution in [2.45, 2.75) is 24.0 Å². The molecular weight excluding hydrogens is 423 g/mol. The average Bonchev–Trinajstić information content (AvgIpc) is 2.65. The van der Waals surface area contributed by atoms with Crippen molar-refractivity contribution in [1.82, 2.24) is 4.90 Å². The van der Waals surface area contributed by atoms with Gasteiger partial charge in [0.1, 0.15) is 5.75 Å². The fourth-order valence-electron chi connectivity index (χ4n) is 2.60. The Bertz CT molecular complexity index is 979. The number of amides is 1. The monoisotopic (exact) mass is 445 g/mol. The van der Waals surface area contributed by atoms with Crippen LogP contribution in [0.25, 0.3) is 0 Å². The zero-order valence-electron chi connectivity index (χ0n) is 16.3. The number of alkyl halides is 3. The zero-order chi connectivity index (χ0) is 22.5. The Morgan fingerprint density at radius 1 is 1.17 bits per heavy atom. The van der Waals surface area contributed by atoms with E-state index >= 15 is 0 Å². The van der Waals surface area contributed by atoms with Crippen molar-refractivity contribution in [3.05, 3.63) is 54.1 Å². The van der Waals surface area contributed by atoms with Crippen LogP contribution in [0.15, 0.2) is 53.4 Å². The molecule has 0 saturated heterocycles. The summed E-state index contributed by atoms with van der Waals surface area (Å²) in [5.41, 5.74) is 0.886. The molecule has 0 aromatic heterocycles. The van der Waals surface area contributed by atoms with Gasteiger partial charge in [0.05, 0.1) is 17.1 Å². The van der Waals surface area contributed by atoms with Crippen molar-refractivity contribution in [2.24, 2.45) is 5.14 Å². The van der Waals surface area contributed by atoms with Crippen LogP contribution in [0.2, 0.25) is 0 Å². The van der Waals surface area contributed by atoms with Gasteiger partial charge in [-0.15, -0.1) is 0 Å². The standard InChI is InChI=1S/C19H22F3N3O4S/c1-13(14-7-9-15(10-8-14)30(23,27)28)25(2)11-18(26)24-16-5-3-4-6-17(16)29-12-19(20,21)22/h3-10,13H,11-12H2,1-2H3,(H,24,26)(H2,23,27,28). The summed E-state index contributed by atoms with van der Waals surface area (Å²) in [5, 5.41) is 7.62. The lowest BCUT2D eigenvalue weighted by molar-refractivity contribution is -0.153. The molecule has 0 heterocycles. The summed E-state index contributed by atoms with van der Waals surface area (Å²) in [7, 11) is -2.11. The summed E-state index contributed by atoms with van der Waals surface area (Å²) in [6.45, 7) is 0.288. The number of likely N-dealkylation sites (N-methyl/N-ethyl adjacent to an activating group) is 1. The molecule has 3 N–H and O–H groups in total. The number of carbonyl (C=O) groups excluding carboxylic acids is 1. The second-order valence-electron chi connectivity index (χ2n) is 6.65. The van der Waals surface area contributed by atoms with Gasteiger partial charge in [-0.05, 0) is 43.8 Å². The Hall–Kier alpha value is -2.63. The number of nitrogens with two attached hydrogens (primary N) is 1. The minimum atomic E-state index is -4.49. The van der Waals surface area contributed by atoms with Crippen molar-refractivity contribution < 1.29 is 31.1 Å². The molecule has 30 heavy (non-hydrogen) atoms. The predicted molar refractivity (Wildman–Crippen MR) is 105 cm³/mol. The third kappa shape index (κ3) is 7.01. The molecule has 0 aliphatic rings. The molecule has 0 radical (unpaired) electrons. The molecular formula is C19H22F3N3O4S. The van der Waals surface area contributed by atoms with Crippen LogP contribution in [-0.2, 0) is 14.8 Å². The Morgan fingerprint density at radius 3 is 2.33 bits per heavy atom. The fraction of sp³-hybridized carbons (Fsp3) is 0.316. The number of halogens is 3. The highest BCUT2D eigenvalue weighted by atomic mass is 32.2. The number of hydrogen-bond acceptors (Lipinski definition) is 5. The van der Waals surface area contributed by atoms with Crippen LogP contribution in [0.3, 0.4) is 0 Å². The van der Waals surface area contributed by atoms with Gasteiger partial charge in [0.25, 0.3) is 0 Å². The lowest BCUT2D eigenvalue weighted by atomic mass is 10.1. The van der Waals surface area contributed by atoms with Crippen LogP contribution in [0, 0.1) is 0 Å². The van der Waals surface area contributed by atoms with Crippen LogP contribution < -0.4 is 15.2 Å². The van der Waals surface area contributed by atoms with Crippen LogP contribution >= 0.6 is 0 Å². The lowest BCUT2D eigenvalue weighted by Gasteiger charge is -2.25. The Kier molecular flexibility index (Phi) is 7.45. The molecule has 2 rings (SSSR count). The third-order valence-corrected chi connectivity index (χ3v) is 5.23. The third-order valence-electron chi connectivity index (χ3n) is 4.30. The molecule has 0 bridgehead atoms. The molecule has 1 atom stereocenters. The molecule has 0 saturated carbocycles. The van der Waals surface area contributed by atoms with E-state index in [1.54, 1.807) is 30.1 Å². The van der Waals surface area contributed by atoms with Crippen LogP contribution in [0.5, 0.6) is 5.75 Å². The van der Waals surface area contributed by atoms with Gasteiger partial charge in [-0.25, -0.2) is 13.6 Å². The topological polar surface area (TPSA) is 102 Å². The van der Waals surface area contributed by atoms with Gasteiger partial charge < -0.3 is 10.1 Å². The van der Waals surface area contributed by atoms with Gasteiger partial charge in [-0.2, -0.15) is 13.2 Å². The number of anilines is 1. The van der Waals surface area contributed by atoms with E-state index in [-0.39, 0.29) is 28.9 Å².